The van der Waals surface area contributed by atoms with Crippen molar-refractivity contribution in [3.05, 3.63) is 11.3 Å². The minimum atomic E-state index is -0.200. The van der Waals surface area contributed by atoms with E-state index in [1.165, 1.54) is 0 Å². The van der Waals surface area contributed by atoms with Crippen molar-refractivity contribution >= 4 is 5.91 Å². The first-order valence-corrected chi connectivity index (χ1v) is 7.76. The number of amides is 1. The molecule has 0 N–H and O–H groups in total. The van der Waals surface area contributed by atoms with Crippen LogP contribution in [0.3, 0.4) is 0 Å². The molecular weight excluding hydrogens is 250 g/mol. The summed E-state index contributed by atoms with van der Waals surface area (Å²) in [6, 6.07) is 0. The Balaban J connectivity index is 3.24. The molecule has 0 aromatic heterocycles. The van der Waals surface area contributed by atoms with Crippen LogP contribution in [0.25, 0.3) is 0 Å². The van der Waals surface area contributed by atoms with Gasteiger partial charge in [0.1, 0.15) is 12.4 Å². The largest absolute Gasteiger partial charge is 0.495 e. The van der Waals surface area contributed by atoms with E-state index in [0.717, 1.165) is 30.7 Å². The maximum Gasteiger partial charge on any atom is 0.253 e. The number of unbranched alkanes of at least 4 members (excludes halogenated alkanes) is 1. The Morgan fingerprint density at radius 2 is 1.70 bits per heavy atom. The molecule has 0 unspecified atom stereocenters. The maximum atomic E-state index is 12.9. The topological polar surface area (TPSA) is 29.5 Å². The highest BCUT2D eigenvalue weighted by Crippen LogP contribution is 2.39. The molecule has 1 rings (SSSR count). The van der Waals surface area contributed by atoms with Crippen molar-refractivity contribution in [1.82, 2.24) is 4.90 Å². The third kappa shape index (κ3) is 4.00. The molecular formula is C17H31NO2. The second-order valence-electron chi connectivity index (χ2n) is 7.70. The third-order valence-corrected chi connectivity index (χ3v) is 3.55. The first-order chi connectivity index (χ1) is 9.09. The highest BCUT2D eigenvalue weighted by molar-refractivity contribution is 5.95. The van der Waals surface area contributed by atoms with Crippen LogP contribution in [0.2, 0.25) is 0 Å². The van der Waals surface area contributed by atoms with E-state index in [-0.39, 0.29) is 16.7 Å². The van der Waals surface area contributed by atoms with Crippen LogP contribution in [0.5, 0.6) is 0 Å². The quantitative estimate of drug-likeness (QED) is 0.782. The van der Waals surface area contributed by atoms with Gasteiger partial charge in [-0.05, 0) is 11.8 Å². The molecule has 1 amide bonds. The van der Waals surface area contributed by atoms with E-state index >= 15 is 0 Å². The molecule has 0 aliphatic carbocycles. The fourth-order valence-electron chi connectivity index (χ4n) is 2.50. The summed E-state index contributed by atoms with van der Waals surface area (Å²) in [4.78, 5) is 14.9. The summed E-state index contributed by atoms with van der Waals surface area (Å²) in [7, 11) is 0. The molecule has 3 heteroatoms. The van der Waals surface area contributed by atoms with Crippen molar-refractivity contribution in [3.63, 3.8) is 0 Å². The van der Waals surface area contributed by atoms with Crippen LogP contribution in [0.4, 0.5) is 0 Å². The zero-order chi connectivity index (χ0) is 15.6. The van der Waals surface area contributed by atoms with Gasteiger partial charge in [-0.15, -0.1) is 0 Å². The summed E-state index contributed by atoms with van der Waals surface area (Å²) in [6.07, 6.45) is 2.15. The van der Waals surface area contributed by atoms with Gasteiger partial charge in [0.2, 0.25) is 0 Å². The lowest BCUT2D eigenvalue weighted by atomic mass is 9.79. The number of allylic oxidation sites excluding steroid dienone is 1. The summed E-state index contributed by atoms with van der Waals surface area (Å²) in [5, 5.41) is 0. The highest BCUT2D eigenvalue weighted by atomic mass is 16.5. The first kappa shape index (κ1) is 17.1. The third-order valence-electron chi connectivity index (χ3n) is 3.55. The Morgan fingerprint density at radius 1 is 1.10 bits per heavy atom. The molecule has 0 fully saturated rings. The number of hydrogen-bond donors (Lipinski definition) is 0. The van der Waals surface area contributed by atoms with Crippen LogP contribution >= 0.6 is 0 Å². The Morgan fingerprint density at radius 3 is 2.15 bits per heavy atom. The second kappa shape index (κ2) is 6.19. The van der Waals surface area contributed by atoms with Crippen molar-refractivity contribution in [2.24, 2.45) is 10.8 Å². The molecule has 1 aliphatic rings. The van der Waals surface area contributed by atoms with E-state index in [2.05, 4.69) is 48.5 Å². The fraction of sp³-hybridized carbons (Fsp3) is 0.824. The molecule has 0 aromatic carbocycles. The van der Waals surface area contributed by atoms with Crippen molar-refractivity contribution in [3.8, 4) is 0 Å². The molecule has 0 spiro atoms. The minimum absolute atomic E-state index is 0.140. The van der Waals surface area contributed by atoms with Gasteiger partial charge in [-0.1, -0.05) is 54.9 Å². The summed E-state index contributed by atoms with van der Waals surface area (Å²) in [5.74, 6) is 1.03. The van der Waals surface area contributed by atoms with Crippen LogP contribution in [0.15, 0.2) is 11.3 Å². The van der Waals surface area contributed by atoms with Gasteiger partial charge in [0.15, 0.2) is 0 Å². The monoisotopic (exact) mass is 281 g/mol. The van der Waals surface area contributed by atoms with Crippen LogP contribution in [-0.2, 0) is 9.53 Å². The zero-order valence-electron chi connectivity index (χ0n) is 14.3. The van der Waals surface area contributed by atoms with Crippen molar-refractivity contribution in [2.45, 2.75) is 61.3 Å². The number of ether oxygens (including phenoxy) is 1. The van der Waals surface area contributed by atoms with Crippen LogP contribution in [0, 0.1) is 10.8 Å². The number of rotatable bonds is 3. The lowest BCUT2D eigenvalue weighted by molar-refractivity contribution is -0.128. The summed E-state index contributed by atoms with van der Waals surface area (Å²) < 4.78 is 6.00. The molecule has 1 aliphatic heterocycles. The van der Waals surface area contributed by atoms with E-state index in [4.69, 9.17) is 4.74 Å². The van der Waals surface area contributed by atoms with Gasteiger partial charge in [0, 0.05) is 12.0 Å². The van der Waals surface area contributed by atoms with Gasteiger partial charge < -0.3 is 9.64 Å². The normalized spacial score (nSPS) is 18.1. The molecule has 0 saturated carbocycles. The van der Waals surface area contributed by atoms with Crippen molar-refractivity contribution in [2.75, 3.05) is 19.7 Å². The molecule has 1 heterocycles. The van der Waals surface area contributed by atoms with Gasteiger partial charge in [0.05, 0.1) is 12.1 Å². The van der Waals surface area contributed by atoms with E-state index in [9.17, 15) is 4.79 Å². The lowest BCUT2D eigenvalue weighted by Crippen LogP contribution is -2.37. The van der Waals surface area contributed by atoms with E-state index < -0.39 is 0 Å². The van der Waals surface area contributed by atoms with Gasteiger partial charge >= 0.3 is 0 Å². The van der Waals surface area contributed by atoms with Crippen LogP contribution in [-0.4, -0.2) is 30.5 Å². The molecule has 0 saturated heterocycles. The molecule has 3 nitrogen and oxygen atoms in total. The lowest BCUT2D eigenvalue weighted by Gasteiger charge is -2.31. The SMILES string of the molecule is CCCCN1CCOC(C(C)(C)C)=C(C(C)(C)C)C1=O. The Bertz CT molecular complexity index is 383. The number of nitrogens with zero attached hydrogens (tertiary/aromatic N) is 1. The predicted molar refractivity (Wildman–Crippen MR) is 83.4 cm³/mol. The average Bonchev–Trinajstić information content (AvgIpc) is 2.44. The Hall–Kier alpha value is -0.990. The molecule has 0 radical (unpaired) electrons. The second-order valence-corrected chi connectivity index (χ2v) is 7.70. The molecule has 0 aromatic rings. The minimum Gasteiger partial charge on any atom is -0.495 e. The Kier molecular flexibility index (Phi) is 5.28. The van der Waals surface area contributed by atoms with E-state index in [1.807, 2.05) is 4.90 Å². The summed E-state index contributed by atoms with van der Waals surface area (Å²) in [6.45, 7) is 16.9. The molecule has 20 heavy (non-hydrogen) atoms. The number of carbonyl (C=O) groups is 1. The summed E-state index contributed by atoms with van der Waals surface area (Å²) >= 11 is 0. The first-order valence-electron chi connectivity index (χ1n) is 7.76. The maximum absolute atomic E-state index is 12.9. The van der Waals surface area contributed by atoms with Gasteiger partial charge in [-0.2, -0.15) is 0 Å². The smallest absolute Gasteiger partial charge is 0.253 e. The van der Waals surface area contributed by atoms with Crippen molar-refractivity contribution < 1.29 is 9.53 Å². The number of hydrogen-bond acceptors (Lipinski definition) is 2. The predicted octanol–water partition coefficient (Wildman–Crippen LogP) is 3.99. The van der Waals surface area contributed by atoms with Crippen LogP contribution < -0.4 is 0 Å². The molecule has 116 valence electrons. The van der Waals surface area contributed by atoms with Gasteiger partial charge in [-0.25, -0.2) is 0 Å². The Labute approximate surface area is 124 Å². The van der Waals surface area contributed by atoms with Crippen LogP contribution in [0.1, 0.15) is 61.3 Å². The van der Waals surface area contributed by atoms with E-state index in [0.29, 0.717) is 13.2 Å². The number of carbonyl (C=O) groups excluding carboxylic acids is 1. The van der Waals surface area contributed by atoms with Gasteiger partial charge in [0.25, 0.3) is 5.91 Å². The standard InChI is InChI=1S/C17H31NO2/c1-8-9-10-18-11-12-20-14(17(5,6)7)13(15(18)19)16(2,3)4/h8-12H2,1-7H3. The molecule has 0 bridgehead atoms. The summed E-state index contributed by atoms with van der Waals surface area (Å²) in [5.41, 5.74) is 0.506. The fourth-order valence-corrected chi connectivity index (χ4v) is 2.50. The average molecular weight is 281 g/mol. The van der Waals surface area contributed by atoms with Gasteiger partial charge in [-0.3, -0.25) is 4.79 Å². The van der Waals surface area contributed by atoms with Crippen molar-refractivity contribution in [1.29, 1.82) is 0 Å². The molecule has 0 atom stereocenters. The zero-order valence-corrected chi connectivity index (χ0v) is 14.3. The van der Waals surface area contributed by atoms with E-state index in [1.54, 1.807) is 0 Å². The highest BCUT2D eigenvalue weighted by Gasteiger charge is 2.37.